The van der Waals surface area contributed by atoms with Gasteiger partial charge in [-0.3, -0.25) is 14.6 Å². The van der Waals surface area contributed by atoms with Gasteiger partial charge in [-0.25, -0.2) is 0 Å². The highest BCUT2D eigenvalue weighted by molar-refractivity contribution is 5.91. The van der Waals surface area contributed by atoms with Gasteiger partial charge in [0.15, 0.2) is 0 Å². The van der Waals surface area contributed by atoms with Crippen LogP contribution in [0.4, 0.5) is 5.69 Å². The van der Waals surface area contributed by atoms with E-state index in [1.807, 2.05) is 0 Å². The molecule has 6 heteroatoms. The van der Waals surface area contributed by atoms with Gasteiger partial charge in [-0.05, 0) is 24.5 Å². The Hall–Kier alpha value is -2.11. The Morgan fingerprint density at radius 1 is 1.56 bits per heavy atom. The van der Waals surface area contributed by atoms with E-state index in [0.717, 1.165) is 18.7 Å². The number of hydrogen-bond acceptors (Lipinski definition) is 4. The fourth-order valence-corrected chi connectivity index (χ4v) is 2.23. The second kappa shape index (κ2) is 5.03. The number of aromatic nitrogens is 1. The third-order valence-corrected chi connectivity index (χ3v) is 3.11. The molecule has 1 aromatic rings. The Morgan fingerprint density at radius 2 is 2.33 bits per heavy atom. The molecule has 3 N–H and O–H groups in total. The van der Waals surface area contributed by atoms with Crippen LogP contribution in [0.5, 0.6) is 0 Å². The minimum absolute atomic E-state index is 0.160. The van der Waals surface area contributed by atoms with Crippen LogP contribution in [0, 0.1) is 5.92 Å². The van der Waals surface area contributed by atoms with Crippen LogP contribution in [-0.4, -0.2) is 35.1 Å². The summed E-state index contributed by atoms with van der Waals surface area (Å²) in [5.41, 5.74) is 6.27. The first kappa shape index (κ1) is 12.3. The zero-order valence-corrected chi connectivity index (χ0v) is 9.87. The van der Waals surface area contributed by atoms with E-state index in [-0.39, 0.29) is 18.0 Å². The molecule has 1 aliphatic rings. The standard InChI is InChI=1S/C12H15N3O3/c13-12(18)10-6-9(1-3-14-10)15-4-2-8(7-15)5-11(16)17/h1,3,6,8H,2,4-5,7H2,(H2,13,18)(H,16,17). The van der Waals surface area contributed by atoms with Gasteiger partial charge in [-0.15, -0.1) is 0 Å². The molecule has 0 aliphatic carbocycles. The van der Waals surface area contributed by atoms with Crippen molar-refractivity contribution in [2.45, 2.75) is 12.8 Å². The van der Waals surface area contributed by atoms with Crippen LogP contribution in [-0.2, 0) is 4.79 Å². The van der Waals surface area contributed by atoms with E-state index in [1.54, 1.807) is 18.3 Å². The van der Waals surface area contributed by atoms with Crippen LogP contribution in [0.15, 0.2) is 18.3 Å². The summed E-state index contributed by atoms with van der Waals surface area (Å²) in [7, 11) is 0. The predicted octanol–water partition coefficient (Wildman–Crippen LogP) is 0.481. The van der Waals surface area contributed by atoms with E-state index < -0.39 is 11.9 Å². The summed E-state index contributed by atoms with van der Waals surface area (Å²) in [6.45, 7) is 1.48. The number of nitrogens with zero attached hydrogens (tertiary/aromatic N) is 2. The van der Waals surface area contributed by atoms with E-state index in [0.29, 0.717) is 6.54 Å². The predicted molar refractivity (Wildman–Crippen MR) is 65.3 cm³/mol. The topological polar surface area (TPSA) is 96.5 Å². The normalized spacial score (nSPS) is 18.9. The van der Waals surface area contributed by atoms with Gasteiger partial charge in [-0.1, -0.05) is 0 Å². The lowest BCUT2D eigenvalue weighted by atomic mass is 10.1. The van der Waals surface area contributed by atoms with Crippen molar-refractivity contribution in [2.24, 2.45) is 11.7 Å². The van der Waals surface area contributed by atoms with Crippen molar-refractivity contribution in [1.82, 2.24) is 4.98 Å². The van der Waals surface area contributed by atoms with Gasteiger partial charge in [0.25, 0.3) is 5.91 Å². The molecular weight excluding hydrogens is 234 g/mol. The molecule has 1 aliphatic heterocycles. The van der Waals surface area contributed by atoms with Crippen molar-refractivity contribution >= 4 is 17.6 Å². The number of pyridine rings is 1. The van der Waals surface area contributed by atoms with Gasteiger partial charge in [0.2, 0.25) is 0 Å². The molecular formula is C12H15N3O3. The Balaban J connectivity index is 2.07. The van der Waals surface area contributed by atoms with E-state index in [2.05, 4.69) is 9.88 Å². The van der Waals surface area contributed by atoms with Gasteiger partial charge in [0.05, 0.1) is 0 Å². The molecule has 0 aromatic carbocycles. The Kier molecular flexibility index (Phi) is 3.45. The fraction of sp³-hybridized carbons (Fsp3) is 0.417. The van der Waals surface area contributed by atoms with Crippen LogP contribution in [0.3, 0.4) is 0 Å². The SMILES string of the molecule is NC(=O)c1cc(N2CCC(CC(=O)O)C2)ccn1. The highest BCUT2D eigenvalue weighted by Gasteiger charge is 2.25. The van der Waals surface area contributed by atoms with Crippen molar-refractivity contribution in [1.29, 1.82) is 0 Å². The van der Waals surface area contributed by atoms with Crippen molar-refractivity contribution < 1.29 is 14.7 Å². The van der Waals surface area contributed by atoms with Gasteiger partial charge in [0.1, 0.15) is 5.69 Å². The minimum atomic E-state index is -0.769. The largest absolute Gasteiger partial charge is 0.481 e. The molecule has 0 spiro atoms. The molecule has 1 amide bonds. The maximum atomic E-state index is 11.0. The highest BCUT2D eigenvalue weighted by Crippen LogP contribution is 2.25. The molecule has 1 fully saturated rings. The number of aliphatic carboxylic acids is 1. The van der Waals surface area contributed by atoms with Crippen LogP contribution >= 0.6 is 0 Å². The maximum Gasteiger partial charge on any atom is 0.303 e. The van der Waals surface area contributed by atoms with E-state index in [9.17, 15) is 9.59 Å². The summed E-state index contributed by atoms with van der Waals surface area (Å²) in [6.07, 6.45) is 2.57. The Morgan fingerprint density at radius 3 is 3.00 bits per heavy atom. The fourth-order valence-electron chi connectivity index (χ4n) is 2.23. The average Bonchev–Trinajstić information content (AvgIpc) is 2.77. The molecule has 1 atom stereocenters. The number of rotatable bonds is 4. The second-order valence-corrected chi connectivity index (χ2v) is 4.46. The van der Waals surface area contributed by atoms with Crippen LogP contribution in [0.2, 0.25) is 0 Å². The first-order valence-electron chi connectivity index (χ1n) is 5.79. The molecule has 1 unspecified atom stereocenters. The second-order valence-electron chi connectivity index (χ2n) is 4.46. The number of carboxylic acids is 1. The van der Waals surface area contributed by atoms with E-state index >= 15 is 0 Å². The Labute approximate surface area is 104 Å². The van der Waals surface area contributed by atoms with Gasteiger partial charge >= 0.3 is 5.97 Å². The lowest BCUT2D eigenvalue weighted by molar-refractivity contribution is -0.137. The molecule has 0 bridgehead atoms. The lowest BCUT2D eigenvalue weighted by Crippen LogP contribution is -2.21. The molecule has 1 saturated heterocycles. The first-order chi connectivity index (χ1) is 8.56. The number of primary amides is 1. The number of anilines is 1. The highest BCUT2D eigenvalue weighted by atomic mass is 16.4. The van der Waals surface area contributed by atoms with Crippen molar-refractivity contribution in [3.63, 3.8) is 0 Å². The summed E-state index contributed by atoms with van der Waals surface area (Å²) >= 11 is 0. The average molecular weight is 249 g/mol. The number of amides is 1. The zero-order valence-electron chi connectivity index (χ0n) is 9.87. The minimum Gasteiger partial charge on any atom is -0.481 e. The van der Waals surface area contributed by atoms with E-state index in [4.69, 9.17) is 10.8 Å². The monoisotopic (exact) mass is 249 g/mol. The number of carbonyl (C=O) groups is 2. The summed E-state index contributed by atoms with van der Waals surface area (Å²) in [6, 6.07) is 3.45. The van der Waals surface area contributed by atoms with E-state index in [1.165, 1.54) is 0 Å². The molecule has 96 valence electrons. The molecule has 0 radical (unpaired) electrons. The first-order valence-corrected chi connectivity index (χ1v) is 5.79. The molecule has 18 heavy (non-hydrogen) atoms. The van der Waals surface area contributed by atoms with Crippen LogP contribution < -0.4 is 10.6 Å². The lowest BCUT2D eigenvalue weighted by Gasteiger charge is -2.18. The molecule has 0 saturated carbocycles. The quantitative estimate of drug-likeness (QED) is 0.809. The van der Waals surface area contributed by atoms with Crippen LogP contribution in [0.25, 0.3) is 0 Å². The summed E-state index contributed by atoms with van der Waals surface area (Å²) < 4.78 is 0. The maximum absolute atomic E-state index is 11.0. The van der Waals surface area contributed by atoms with Crippen molar-refractivity contribution in [3.05, 3.63) is 24.0 Å². The van der Waals surface area contributed by atoms with Crippen molar-refractivity contribution in [3.8, 4) is 0 Å². The Bertz CT molecular complexity index is 475. The summed E-state index contributed by atoms with van der Waals surface area (Å²) in [5.74, 6) is -1.17. The van der Waals surface area contributed by atoms with Gasteiger partial charge in [0, 0.05) is 31.4 Å². The van der Waals surface area contributed by atoms with Crippen LogP contribution in [0.1, 0.15) is 23.3 Å². The third kappa shape index (κ3) is 2.77. The molecule has 6 nitrogen and oxygen atoms in total. The third-order valence-electron chi connectivity index (χ3n) is 3.11. The van der Waals surface area contributed by atoms with Gasteiger partial charge < -0.3 is 15.7 Å². The molecule has 2 rings (SSSR count). The summed E-state index contributed by atoms with van der Waals surface area (Å²) in [5, 5.41) is 8.76. The van der Waals surface area contributed by atoms with Gasteiger partial charge in [-0.2, -0.15) is 0 Å². The van der Waals surface area contributed by atoms with Crippen molar-refractivity contribution in [2.75, 3.05) is 18.0 Å². The molecule has 1 aromatic heterocycles. The number of carbonyl (C=O) groups excluding carboxylic acids is 1. The number of nitrogens with two attached hydrogens (primary N) is 1. The smallest absolute Gasteiger partial charge is 0.303 e. The zero-order chi connectivity index (χ0) is 13.1. The summed E-state index contributed by atoms with van der Waals surface area (Å²) in [4.78, 5) is 27.6. The number of hydrogen-bond donors (Lipinski definition) is 2. The number of carboxylic acid groups (broad SMARTS) is 1. The molecule has 2 heterocycles.